The first-order valence-corrected chi connectivity index (χ1v) is 9.06. The van der Waals surface area contributed by atoms with E-state index in [1.54, 1.807) is 12.1 Å². The van der Waals surface area contributed by atoms with Crippen molar-refractivity contribution >= 4 is 29.6 Å². The molecule has 0 aliphatic heterocycles. The maximum Gasteiger partial charge on any atom is 0.322 e. The van der Waals surface area contributed by atoms with Gasteiger partial charge in [-0.05, 0) is 24.1 Å². The zero-order chi connectivity index (χ0) is 23.6. The van der Waals surface area contributed by atoms with Gasteiger partial charge >= 0.3 is 5.97 Å². The van der Waals surface area contributed by atoms with E-state index in [4.69, 9.17) is 16.6 Å². The van der Waals surface area contributed by atoms with Crippen molar-refractivity contribution in [3.8, 4) is 5.75 Å². The molecule has 170 valence electrons. The number of phenols is 1. The summed E-state index contributed by atoms with van der Waals surface area (Å²) in [6, 6.07) is 1.84. The van der Waals surface area contributed by atoms with Gasteiger partial charge in [0.25, 0.3) is 0 Å². The molecule has 4 amide bonds. The number of aromatic hydroxyl groups is 1. The lowest BCUT2D eigenvalue weighted by Gasteiger charge is -2.22. The number of carboxylic acid groups (broad SMARTS) is 1. The Bertz CT molecular complexity index is 814. The van der Waals surface area contributed by atoms with Gasteiger partial charge in [0.05, 0.1) is 19.1 Å². The normalized spacial score (nSPS) is 13.4. The largest absolute Gasteiger partial charge is 0.508 e. The van der Waals surface area contributed by atoms with Gasteiger partial charge in [0, 0.05) is 0 Å². The van der Waals surface area contributed by atoms with E-state index in [-0.39, 0.29) is 12.2 Å². The number of aliphatic hydroxyl groups is 1. The minimum Gasteiger partial charge on any atom is -0.508 e. The first-order chi connectivity index (χ1) is 14.5. The van der Waals surface area contributed by atoms with Crippen LogP contribution in [0.15, 0.2) is 24.3 Å². The standard InChI is InChI=1S/C18H25N5O8/c19-11(5-9-1-3-10(25)4-2-9)16(29)23-13(8-24)18(31)22-12(6-14(20)26)17(30)21-7-15(27)28/h1-4,11-13,24-25H,5-8,19H2,(H2,20,26)(H,21,30)(H,22,31)(H,23,29)(H,27,28). The zero-order valence-electron chi connectivity index (χ0n) is 16.4. The fraction of sp³-hybridized carbons (Fsp3) is 0.389. The van der Waals surface area contributed by atoms with E-state index >= 15 is 0 Å². The highest BCUT2D eigenvalue weighted by molar-refractivity contribution is 5.95. The highest BCUT2D eigenvalue weighted by atomic mass is 16.4. The van der Waals surface area contributed by atoms with Crippen molar-refractivity contribution in [2.45, 2.75) is 31.0 Å². The first kappa shape index (κ1) is 25.3. The first-order valence-electron chi connectivity index (χ1n) is 9.06. The molecule has 0 radical (unpaired) electrons. The lowest BCUT2D eigenvalue weighted by Crippen LogP contribution is -2.57. The van der Waals surface area contributed by atoms with E-state index in [1.165, 1.54) is 12.1 Å². The van der Waals surface area contributed by atoms with Gasteiger partial charge in [0.2, 0.25) is 23.6 Å². The molecule has 0 bridgehead atoms. The summed E-state index contributed by atoms with van der Waals surface area (Å²) in [5.41, 5.74) is 11.5. The summed E-state index contributed by atoms with van der Waals surface area (Å²) in [5.74, 6) is -5.02. The quantitative estimate of drug-likeness (QED) is 0.160. The third-order valence-electron chi connectivity index (χ3n) is 4.00. The van der Waals surface area contributed by atoms with Crippen molar-refractivity contribution < 1.29 is 39.3 Å². The number of carbonyl (C=O) groups is 5. The van der Waals surface area contributed by atoms with Crippen molar-refractivity contribution in [3.63, 3.8) is 0 Å². The Morgan fingerprint density at radius 1 is 0.935 bits per heavy atom. The topological polar surface area (TPSA) is 234 Å². The number of primary amides is 1. The monoisotopic (exact) mass is 439 g/mol. The van der Waals surface area contributed by atoms with Crippen molar-refractivity contribution in [2.24, 2.45) is 11.5 Å². The van der Waals surface area contributed by atoms with Gasteiger partial charge in [-0.3, -0.25) is 24.0 Å². The van der Waals surface area contributed by atoms with Gasteiger partial charge in [-0.1, -0.05) is 12.1 Å². The molecule has 1 aromatic carbocycles. The molecule has 3 atom stereocenters. The number of rotatable bonds is 12. The molecule has 0 aliphatic carbocycles. The van der Waals surface area contributed by atoms with Crippen LogP contribution in [-0.2, 0) is 30.4 Å². The Labute approximate surface area is 176 Å². The molecule has 1 aromatic rings. The molecule has 0 fully saturated rings. The predicted octanol–water partition coefficient (Wildman–Crippen LogP) is -3.70. The van der Waals surface area contributed by atoms with Crippen molar-refractivity contribution in [2.75, 3.05) is 13.2 Å². The Balaban J connectivity index is 2.74. The summed E-state index contributed by atoms with van der Waals surface area (Å²) in [4.78, 5) is 58.3. The average molecular weight is 439 g/mol. The van der Waals surface area contributed by atoms with Gasteiger partial charge in [-0.2, -0.15) is 0 Å². The molecule has 0 heterocycles. The lowest BCUT2D eigenvalue weighted by molar-refractivity contribution is -0.139. The van der Waals surface area contributed by atoms with Crippen LogP contribution in [0.1, 0.15) is 12.0 Å². The number of phenolic OH excluding ortho intramolecular Hbond substituents is 1. The number of aliphatic carboxylic acids is 1. The molecule has 0 saturated carbocycles. The number of aliphatic hydroxyl groups excluding tert-OH is 1. The Morgan fingerprint density at radius 2 is 1.52 bits per heavy atom. The molecule has 0 aliphatic rings. The van der Waals surface area contributed by atoms with Crippen LogP contribution >= 0.6 is 0 Å². The molecule has 0 spiro atoms. The van der Waals surface area contributed by atoms with Crippen LogP contribution in [-0.4, -0.2) is 76.2 Å². The van der Waals surface area contributed by atoms with E-state index in [2.05, 4.69) is 10.6 Å². The Hall–Kier alpha value is -3.71. The SMILES string of the molecule is NC(=O)CC(NC(=O)C(CO)NC(=O)C(N)Cc1ccc(O)cc1)C(=O)NCC(=O)O. The fourth-order valence-electron chi connectivity index (χ4n) is 2.42. The number of hydrogen-bond donors (Lipinski definition) is 8. The average Bonchev–Trinajstić information content (AvgIpc) is 2.70. The second kappa shape index (κ2) is 12.1. The van der Waals surface area contributed by atoms with Crippen molar-refractivity contribution in [1.29, 1.82) is 0 Å². The number of benzene rings is 1. The molecular formula is C18H25N5O8. The van der Waals surface area contributed by atoms with E-state index < -0.39 is 67.3 Å². The number of carboxylic acids is 1. The maximum absolute atomic E-state index is 12.4. The highest BCUT2D eigenvalue weighted by Crippen LogP contribution is 2.11. The van der Waals surface area contributed by atoms with Gasteiger partial charge in [0.15, 0.2) is 0 Å². The van der Waals surface area contributed by atoms with E-state index in [1.807, 2.05) is 5.32 Å². The summed E-state index contributed by atoms with van der Waals surface area (Å²) < 4.78 is 0. The molecule has 10 N–H and O–H groups in total. The van der Waals surface area contributed by atoms with Crippen molar-refractivity contribution in [1.82, 2.24) is 16.0 Å². The minimum atomic E-state index is -1.51. The van der Waals surface area contributed by atoms with Crippen LogP contribution in [0.4, 0.5) is 0 Å². The predicted molar refractivity (Wildman–Crippen MR) is 105 cm³/mol. The summed E-state index contributed by atoms with van der Waals surface area (Å²) >= 11 is 0. The van der Waals surface area contributed by atoms with Gasteiger partial charge in [0.1, 0.15) is 24.4 Å². The number of amides is 4. The third-order valence-corrected chi connectivity index (χ3v) is 4.00. The molecule has 0 aromatic heterocycles. The summed E-state index contributed by atoms with van der Waals surface area (Å²) in [7, 11) is 0. The molecule has 31 heavy (non-hydrogen) atoms. The smallest absolute Gasteiger partial charge is 0.322 e. The van der Waals surface area contributed by atoms with Gasteiger partial charge < -0.3 is 42.7 Å². The van der Waals surface area contributed by atoms with Crippen LogP contribution in [0.2, 0.25) is 0 Å². The minimum absolute atomic E-state index is 0.0386. The van der Waals surface area contributed by atoms with Crippen LogP contribution in [0.25, 0.3) is 0 Å². The van der Waals surface area contributed by atoms with Crippen LogP contribution in [0.3, 0.4) is 0 Å². The van der Waals surface area contributed by atoms with Crippen molar-refractivity contribution in [3.05, 3.63) is 29.8 Å². The molecule has 0 saturated heterocycles. The maximum atomic E-state index is 12.4. The summed E-state index contributed by atoms with van der Waals surface area (Å²) in [5, 5.41) is 33.7. The van der Waals surface area contributed by atoms with E-state index in [0.717, 1.165) is 0 Å². The fourth-order valence-corrected chi connectivity index (χ4v) is 2.42. The van der Waals surface area contributed by atoms with Crippen LogP contribution in [0.5, 0.6) is 5.75 Å². The Morgan fingerprint density at radius 3 is 2.03 bits per heavy atom. The zero-order valence-corrected chi connectivity index (χ0v) is 16.4. The second-order valence-corrected chi connectivity index (χ2v) is 6.56. The third kappa shape index (κ3) is 9.10. The van der Waals surface area contributed by atoms with Crippen LogP contribution in [0, 0.1) is 0 Å². The summed E-state index contributed by atoms with van der Waals surface area (Å²) in [6.45, 7) is -1.60. The molecule has 1 rings (SSSR count). The van der Waals surface area contributed by atoms with Crippen LogP contribution < -0.4 is 27.4 Å². The highest BCUT2D eigenvalue weighted by Gasteiger charge is 2.29. The number of hydrogen-bond acceptors (Lipinski definition) is 8. The second-order valence-electron chi connectivity index (χ2n) is 6.56. The summed E-state index contributed by atoms with van der Waals surface area (Å²) in [6.07, 6.45) is -0.558. The Kier molecular flexibility index (Phi) is 9.88. The number of nitrogens with two attached hydrogens (primary N) is 2. The molecule has 13 nitrogen and oxygen atoms in total. The lowest BCUT2D eigenvalue weighted by atomic mass is 10.1. The van der Waals surface area contributed by atoms with Gasteiger partial charge in [-0.15, -0.1) is 0 Å². The number of nitrogens with one attached hydrogen (secondary N) is 3. The molecule has 3 unspecified atom stereocenters. The number of carbonyl (C=O) groups excluding carboxylic acids is 4. The molecule has 13 heteroatoms. The van der Waals surface area contributed by atoms with Gasteiger partial charge in [-0.25, -0.2) is 0 Å². The molecular weight excluding hydrogens is 414 g/mol. The van der Waals surface area contributed by atoms with E-state index in [0.29, 0.717) is 5.56 Å². The van der Waals surface area contributed by atoms with E-state index in [9.17, 15) is 34.2 Å².